The first-order valence-corrected chi connectivity index (χ1v) is 7.77. The van der Waals surface area contributed by atoms with Crippen LogP contribution in [0, 0.1) is 0 Å². The Morgan fingerprint density at radius 3 is 2.29 bits per heavy atom. The molecule has 0 bridgehead atoms. The quantitative estimate of drug-likeness (QED) is 0.785. The Morgan fingerprint density at radius 2 is 1.88 bits per heavy atom. The first-order chi connectivity index (χ1) is 7.66. The van der Waals surface area contributed by atoms with E-state index in [0.717, 1.165) is 19.1 Å². The van der Waals surface area contributed by atoms with Crippen molar-refractivity contribution in [3.63, 3.8) is 0 Å². The minimum atomic E-state index is -3.37. The lowest BCUT2D eigenvalue weighted by molar-refractivity contribution is -0.132. The first kappa shape index (κ1) is 14.4. The zero-order valence-corrected chi connectivity index (χ0v) is 11.5. The molecule has 1 N–H and O–H groups in total. The van der Waals surface area contributed by atoms with Gasteiger partial charge in [0, 0.05) is 19.8 Å². The largest absolute Gasteiger partial charge is 0.388 e. The van der Waals surface area contributed by atoms with Gasteiger partial charge in [-0.25, -0.2) is 8.42 Å². The van der Waals surface area contributed by atoms with E-state index in [1.54, 1.807) is 7.05 Å². The second-order valence-corrected chi connectivity index (χ2v) is 7.46. The average molecular weight is 263 g/mol. The van der Waals surface area contributed by atoms with Crippen LogP contribution < -0.4 is 0 Å². The molecule has 0 aliphatic heterocycles. The van der Waals surface area contributed by atoms with Gasteiger partial charge >= 0.3 is 0 Å². The molecule has 0 saturated heterocycles. The number of aliphatic hydroxyl groups is 1. The highest BCUT2D eigenvalue weighted by molar-refractivity contribution is 7.92. The molecule has 0 heterocycles. The maximum Gasteiger partial charge on any atom is 0.240 e. The molecular weight excluding hydrogens is 242 g/mol. The fraction of sp³-hybridized carbons (Fsp3) is 0.909. The molecule has 5 nitrogen and oxygen atoms in total. The van der Waals surface area contributed by atoms with Crippen LogP contribution in [0.3, 0.4) is 0 Å². The summed E-state index contributed by atoms with van der Waals surface area (Å²) in [6.07, 6.45) is 4.32. The second kappa shape index (κ2) is 4.94. The number of hydrogen-bond acceptors (Lipinski definition) is 4. The van der Waals surface area contributed by atoms with Crippen LogP contribution in [-0.2, 0) is 14.6 Å². The van der Waals surface area contributed by atoms with E-state index >= 15 is 0 Å². The van der Waals surface area contributed by atoms with E-state index in [-0.39, 0.29) is 6.54 Å². The van der Waals surface area contributed by atoms with E-state index in [0.29, 0.717) is 12.8 Å². The summed E-state index contributed by atoms with van der Waals surface area (Å²) in [5, 5.41) is 9.11. The van der Waals surface area contributed by atoms with E-state index in [2.05, 4.69) is 0 Å². The van der Waals surface area contributed by atoms with Crippen LogP contribution in [-0.4, -0.2) is 55.0 Å². The first-order valence-electron chi connectivity index (χ1n) is 5.82. The van der Waals surface area contributed by atoms with Crippen molar-refractivity contribution in [1.29, 1.82) is 0 Å². The molecule has 1 aliphatic rings. The minimum absolute atomic E-state index is 0.214. The lowest BCUT2D eigenvalue weighted by Gasteiger charge is -2.29. The normalized spacial score (nSPS) is 21.2. The van der Waals surface area contributed by atoms with Crippen molar-refractivity contribution in [2.45, 2.75) is 43.5 Å². The number of carbonyl (C=O) groups is 1. The number of likely N-dealkylation sites (N-methyl/N-ethyl adjacent to an activating group) is 1. The number of sulfone groups is 1. The number of rotatable bonds is 4. The predicted molar refractivity (Wildman–Crippen MR) is 65.4 cm³/mol. The molecule has 1 fully saturated rings. The maximum atomic E-state index is 11.9. The van der Waals surface area contributed by atoms with Gasteiger partial charge in [-0.05, 0) is 19.8 Å². The number of amides is 1. The van der Waals surface area contributed by atoms with Crippen LogP contribution >= 0.6 is 0 Å². The maximum absolute atomic E-state index is 11.9. The third-order valence-electron chi connectivity index (χ3n) is 3.43. The third kappa shape index (κ3) is 3.67. The summed E-state index contributed by atoms with van der Waals surface area (Å²) in [6, 6.07) is 0. The highest BCUT2D eigenvalue weighted by atomic mass is 32.2. The van der Waals surface area contributed by atoms with Crippen molar-refractivity contribution in [1.82, 2.24) is 4.90 Å². The molecule has 1 aliphatic carbocycles. The lowest BCUT2D eigenvalue weighted by Crippen LogP contribution is -2.46. The molecule has 6 heteroatoms. The van der Waals surface area contributed by atoms with E-state index in [1.165, 1.54) is 11.8 Å². The third-order valence-corrected chi connectivity index (χ3v) is 4.92. The smallest absolute Gasteiger partial charge is 0.240 e. The van der Waals surface area contributed by atoms with Gasteiger partial charge in [-0.1, -0.05) is 12.8 Å². The molecule has 100 valence electrons. The molecule has 0 aromatic heterocycles. The minimum Gasteiger partial charge on any atom is -0.388 e. The Hall–Kier alpha value is -0.620. The second-order valence-electron chi connectivity index (χ2n) is 5.10. The summed E-state index contributed by atoms with van der Waals surface area (Å²) in [6.45, 7) is 1.60. The Bertz CT molecular complexity index is 384. The van der Waals surface area contributed by atoms with Gasteiger partial charge in [0.2, 0.25) is 5.91 Å². The molecule has 0 spiro atoms. The molecular formula is C11H21NO4S. The molecule has 17 heavy (non-hydrogen) atoms. The van der Waals surface area contributed by atoms with Gasteiger partial charge in [0.1, 0.15) is 5.25 Å². The SMILES string of the molecule is CC(C(=O)N(C)CC1(O)CCCC1)S(C)(=O)=O. The summed E-state index contributed by atoms with van der Waals surface area (Å²) < 4.78 is 22.6. The predicted octanol–water partition coefficient (Wildman–Crippen LogP) is 0.183. The molecule has 0 aromatic rings. The van der Waals surface area contributed by atoms with Crippen LogP contribution in [0.2, 0.25) is 0 Å². The van der Waals surface area contributed by atoms with E-state index in [1.807, 2.05) is 0 Å². The highest BCUT2D eigenvalue weighted by Gasteiger charge is 2.35. The van der Waals surface area contributed by atoms with Gasteiger partial charge in [0.25, 0.3) is 0 Å². The number of nitrogens with zero attached hydrogens (tertiary/aromatic N) is 1. The highest BCUT2D eigenvalue weighted by Crippen LogP contribution is 2.30. The summed E-state index contributed by atoms with van der Waals surface area (Å²) in [5.41, 5.74) is -0.832. The van der Waals surface area contributed by atoms with Gasteiger partial charge in [-0.3, -0.25) is 4.79 Å². The Labute approximate surface area is 103 Å². The van der Waals surface area contributed by atoms with Crippen molar-refractivity contribution in [3.05, 3.63) is 0 Å². The Kier molecular flexibility index (Phi) is 4.19. The monoisotopic (exact) mass is 263 g/mol. The topological polar surface area (TPSA) is 74.7 Å². The zero-order chi connectivity index (χ0) is 13.3. The summed E-state index contributed by atoms with van der Waals surface area (Å²) >= 11 is 0. The summed E-state index contributed by atoms with van der Waals surface area (Å²) in [5.74, 6) is -0.451. The van der Waals surface area contributed by atoms with E-state index in [9.17, 15) is 18.3 Å². The lowest BCUT2D eigenvalue weighted by atomic mass is 10.0. The van der Waals surface area contributed by atoms with Crippen molar-refractivity contribution in [3.8, 4) is 0 Å². The van der Waals surface area contributed by atoms with Crippen molar-refractivity contribution >= 4 is 15.7 Å². The van der Waals surface area contributed by atoms with Gasteiger partial charge in [-0.2, -0.15) is 0 Å². The average Bonchev–Trinajstić information content (AvgIpc) is 2.61. The van der Waals surface area contributed by atoms with Crippen LogP contribution in [0.25, 0.3) is 0 Å². The van der Waals surface area contributed by atoms with Crippen molar-refractivity contribution in [2.24, 2.45) is 0 Å². The number of carbonyl (C=O) groups excluding carboxylic acids is 1. The standard InChI is InChI=1S/C11H21NO4S/c1-9(17(3,15)16)10(13)12(2)8-11(14)6-4-5-7-11/h9,14H,4-8H2,1-3H3. The molecule has 1 unspecified atom stereocenters. The fourth-order valence-corrected chi connectivity index (χ4v) is 2.75. The summed E-state index contributed by atoms with van der Waals surface area (Å²) in [7, 11) is -1.83. The Morgan fingerprint density at radius 1 is 1.41 bits per heavy atom. The molecule has 1 rings (SSSR count). The molecule has 1 amide bonds. The zero-order valence-electron chi connectivity index (χ0n) is 10.6. The molecule has 1 atom stereocenters. The van der Waals surface area contributed by atoms with Gasteiger partial charge < -0.3 is 10.0 Å². The molecule has 0 aromatic carbocycles. The molecule has 0 radical (unpaired) electrons. The fourth-order valence-electron chi connectivity index (χ4n) is 2.20. The van der Waals surface area contributed by atoms with Gasteiger partial charge in [0.15, 0.2) is 9.84 Å². The van der Waals surface area contributed by atoms with Crippen LogP contribution in [0.15, 0.2) is 0 Å². The number of hydrogen-bond donors (Lipinski definition) is 1. The van der Waals surface area contributed by atoms with Crippen molar-refractivity contribution in [2.75, 3.05) is 19.8 Å². The van der Waals surface area contributed by atoms with Crippen LogP contribution in [0.1, 0.15) is 32.6 Å². The van der Waals surface area contributed by atoms with E-state index < -0.39 is 26.6 Å². The van der Waals surface area contributed by atoms with Crippen LogP contribution in [0.5, 0.6) is 0 Å². The van der Waals surface area contributed by atoms with Gasteiger partial charge in [0.05, 0.1) is 5.60 Å². The Balaban J connectivity index is 2.64. The van der Waals surface area contributed by atoms with Gasteiger partial charge in [-0.15, -0.1) is 0 Å². The van der Waals surface area contributed by atoms with Crippen molar-refractivity contribution < 1.29 is 18.3 Å². The van der Waals surface area contributed by atoms with Crippen LogP contribution in [0.4, 0.5) is 0 Å². The summed E-state index contributed by atoms with van der Waals surface area (Å²) in [4.78, 5) is 13.2. The van der Waals surface area contributed by atoms with E-state index in [4.69, 9.17) is 0 Å². The molecule has 1 saturated carbocycles.